The summed E-state index contributed by atoms with van der Waals surface area (Å²) in [5.41, 5.74) is 1.87. The Morgan fingerprint density at radius 1 is 1.27 bits per heavy atom. The van der Waals surface area contributed by atoms with E-state index < -0.39 is 0 Å². The monoisotopic (exact) mass is 267 g/mol. The van der Waals surface area contributed by atoms with Crippen molar-refractivity contribution in [2.24, 2.45) is 0 Å². The van der Waals surface area contributed by atoms with E-state index in [4.69, 9.17) is 0 Å². The molecule has 1 fully saturated rings. The largest absolute Gasteiger partial charge is 0.306 e. The Balaban J connectivity index is 2.35. The van der Waals surface area contributed by atoms with Gasteiger partial charge in [-0.2, -0.15) is 0 Å². The number of halogens is 1. The average Bonchev–Trinajstić information content (AvgIpc) is 2.98. The Hall–Kier alpha value is -0.340. The third-order valence-corrected chi connectivity index (χ3v) is 4.46. The van der Waals surface area contributed by atoms with Crippen LogP contribution in [0, 0.1) is 0 Å². The second-order valence-corrected chi connectivity index (χ2v) is 5.63. The van der Waals surface area contributed by atoms with Crippen LogP contribution in [0.25, 0.3) is 0 Å². The molecule has 2 rings (SSSR count). The maximum atomic E-state index is 3.67. The molecule has 0 radical (unpaired) electrons. The van der Waals surface area contributed by atoms with Crippen LogP contribution >= 0.6 is 15.9 Å². The zero-order valence-electron chi connectivity index (χ0n) is 9.63. The molecule has 1 aromatic carbocycles. The number of benzene rings is 1. The van der Waals surface area contributed by atoms with E-state index in [1.807, 2.05) is 0 Å². The summed E-state index contributed by atoms with van der Waals surface area (Å²) in [6.07, 6.45) is 2.63. The minimum Gasteiger partial charge on any atom is -0.306 e. The summed E-state index contributed by atoms with van der Waals surface area (Å²) in [6.45, 7) is 2.33. The molecule has 15 heavy (non-hydrogen) atoms. The van der Waals surface area contributed by atoms with Crippen LogP contribution in [0.4, 0.5) is 0 Å². The zero-order valence-corrected chi connectivity index (χ0v) is 11.2. The van der Waals surface area contributed by atoms with Gasteiger partial charge in [-0.1, -0.05) is 34.1 Å². The molecule has 0 heterocycles. The topological polar surface area (TPSA) is 3.24 Å². The minimum atomic E-state index is 0.392. The number of hydrogen-bond donors (Lipinski definition) is 0. The van der Waals surface area contributed by atoms with Gasteiger partial charge in [-0.3, -0.25) is 0 Å². The molecule has 0 spiro atoms. The van der Waals surface area contributed by atoms with E-state index in [1.54, 1.807) is 0 Å². The Morgan fingerprint density at radius 2 is 1.87 bits per heavy atom. The van der Waals surface area contributed by atoms with Gasteiger partial charge in [0, 0.05) is 15.9 Å². The number of rotatable bonds is 3. The van der Waals surface area contributed by atoms with Crippen molar-refractivity contribution in [1.29, 1.82) is 0 Å². The first-order valence-corrected chi connectivity index (χ1v) is 6.29. The highest BCUT2D eigenvalue weighted by atomic mass is 79.9. The van der Waals surface area contributed by atoms with Gasteiger partial charge < -0.3 is 4.90 Å². The fraction of sp³-hybridized carbons (Fsp3) is 0.538. The second kappa shape index (κ2) is 3.91. The lowest BCUT2D eigenvalue weighted by Gasteiger charge is -2.30. The number of hydrogen-bond acceptors (Lipinski definition) is 1. The molecular weight excluding hydrogens is 250 g/mol. The first-order valence-electron chi connectivity index (χ1n) is 5.49. The van der Waals surface area contributed by atoms with Crippen molar-refractivity contribution in [3.8, 4) is 0 Å². The molecular formula is C13H18BrN. The van der Waals surface area contributed by atoms with Gasteiger partial charge in [-0.15, -0.1) is 0 Å². The standard InChI is InChI=1S/C13H18BrN/c1-10(15(2)3)13(8-9-13)11-6-4-5-7-12(11)14/h4-7,10H,8-9H2,1-3H3. The molecule has 0 saturated heterocycles. The SMILES string of the molecule is CC(N(C)C)C1(c2ccccc2Br)CC1. The molecule has 1 aromatic rings. The van der Waals surface area contributed by atoms with Crippen molar-refractivity contribution >= 4 is 15.9 Å². The molecule has 1 atom stereocenters. The van der Waals surface area contributed by atoms with E-state index in [0.717, 1.165) is 0 Å². The predicted octanol–water partition coefficient (Wildman–Crippen LogP) is 3.43. The molecule has 0 aromatic heterocycles. The van der Waals surface area contributed by atoms with Gasteiger partial charge >= 0.3 is 0 Å². The van der Waals surface area contributed by atoms with Gasteiger partial charge in [0.05, 0.1) is 0 Å². The van der Waals surface area contributed by atoms with Crippen molar-refractivity contribution in [3.05, 3.63) is 34.3 Å². The average molecular weight is 268 g/mol. The Bertz CT molecular complexity index is 355. The quantitative estimate of drug-likeness (QED) is 0.811. The van der Waals surface area contributed by atoms with Gasteiger partial charge in [0.1, 0.15) is 0 Å². The smallest absolute Gasteiger partial charge is 0.0213 e. The number of likely N-dealkylation sites (N-methyl/N-ethyl adjacent to an activating group) is 1. The molecule has 1 aliphatic rings. The van der Waals surface area contributed by atoms with Gasteiger partial charge in [-0.25, -0.2) is 0 Å². The van der Waals surface area contributed by atoms with Gasteiger partial charge in [0.15, 0.2) is 0 Å². The second-order valence-electron chi connectivity index (χ2n) is 4.78. The minimum absolute atomic E-state index is 0.392. The van der Waals surface area contributed by atoms with Crippen molar-refractivity contribution in [3.63, 3.8) is 0 Å². The van der Waals surface area contributed by atoms with Crippen LogP contribution in [0.1, 0.15) is 25.3 Å². The van der Waals surface area contributed by atoms with E-state index >= 15 is 0 Å². The lowest BCUT2D eigenvalue weighted by atomic mass is 9.88. The van der Waals surface area contributed by atoms with E-state index in [1.165, 1.54) is 22.9 Å². The molecule has 82 valence electrons. The van der Waals surface area contributed by atoms with Crippen LogP contribution in [0.15, 0.2) is 28.7 Å². The summed E-state index contributed by atoms with van der Waals surface area (Å²) < 4.78 is 1.26. The lowest BCUT2D eigenvalue weighted by Crippen LogP contribution is -2.36. The molecule has 0 aliphatic heterocycles. The zero-order chi connectivity index (χ0) is 11.1. The summed E-state index contributed by atoms with van der Waals surface area (Å²) in [5, 5.41) is 0. The van der Waals surface area contributed by atoms with E-state index in [-0.39, 0.29) is 0 Å². The van der Waals surface area contributed by atoms with Gasteiger partial charge in [0.2, 0.25) is 0 Å². The van der Waals surface area contributed by atoms with Crippen molar-refractivity contribution in [2.45, 2.75) is 31.2 Å². The molecule has 0 bridgehead atoms. The van der Waals surface area contributed by atoms with E-state index in [0.29, 0.717) is 11.5 Å². The maximum absolute atomic E-state index is 3.67. The van der Waals surface area contributed by atoms with Crippen LogP contribution in [-0.4, -0.2) is 25.0 Å². The van der Waals surface area contributed by atoms with Crippen LogP contribution in [0.5, 0.6) is 0 Å². The third-order valence-electron chi connectivity index (χ3n) is 3.77. The summed E-state index contributed by atoms with van der Waals surface area (Å²) in [4.78, 5) is 2.33. The van der Waals surface area contributed by atoms with Crippen LogP contribution in [0.3, 0.4) is 0 Å². The van der Waals surface area contributed by atoms with Crippen LogP contribution < -0.4 is 0 Å². The first kappa shape index (κ1) is 11.2. The van der Waals surface area contributed by atoms with E-state index in [2.05, 4.69) is 66.1 Å². The third kappa shape index (κ3) is 1.85. The molecule has 0 amide bonds. The highest BCUT2D eigenvalue weighted by Crippen LogP contribution is 2.53. The number of nitrogens with zero attached hydrogens (tertiary/aromatic N) is 1. The molecule has 0 N–H and O–H groups in total. The maximum Gasteiger partial charge on any atom is 0.0213 e. The Kier molecular flexibility index (Phi) is 2.91. The van der Waals surface area contributed by atoms with Crippen molar-refractivity contribution in [2.75, 3.05) is 14.1 Å². The fourth-order valence-corrected chi connectivity index (χ4v) is 3.09. The molecule has 1 unspecified atom stereocenters. The van der Waals surface area contributed by atoms with Crippen LogP contribution in [0.2, 0.25) is 0 Å². The highest BCUT2D eigenvalue weighted by molar-refractivity contribution is 9.10. The lowest BCUT2D eigenvalue weighted by molar-refractivity contribution is 0.259. The van der Waals surface area contributed by atoms with Crippen LogP contribution in [-0.2, 0) is 5.41 Å². The molecule has 2 heteroatoms. The summed E-state index contributed by atoms with van der Waals surface area (Å²) >= 11 is 3.67. The normalized spacial score (nSPS) is 20.3. The summed E-state index contributed by atoms with van der Waals surface area (Å²) in [6, 6.07) is 9.25. The Morgan fingerprint density at radius 3 is 2.33 bits per heavy atom. The summed E-state index contributed by atoms with van der Waals surface area (Å²) in [7, 11) is 4.34. The predicted molar refractivity (Wildman–Crippen MR) is 68.2 cm³/mol. The molecule has 1 nitrogen and oxygen atoms in total. The first-order chi connectivity index (χ1) is 7.08. The van der Waals surface area contributed by atoms with Crippen molar-refractivity contribution in [1.82, 2.24) is 4.90 Å². The van der Waals surface area contributed by atoms with Gasteiger partial charge in [-0.05, 0) is 45.5 Å². The van der Waals surface area contributed by atoms with Gasteiger partial charge in [0.25, 0.3) is 0 Å². The molecule has 1 aliphatic carbocycles. The molecule has 1 saturated carbocycles. The highest BCUT2D eigenvalue weighted by Gasteiger charge is 2.50. The van der Waals surface area contributed by atoms with E-state index in [9.17, 15) is 0 Å². The van der Waals surface area contributed by atoms with Crippen molar-refractivity contribution < 1.29 is 0 Å². The Labute approximate surface area is 101 Å². The fourth-order valence-electron chi connectivity index (χ4n) is 2.41. The summed E-state index contributed by atoms with van der Waals surface area (Å²) in [5.74, 6) is 0.